The fraction of sp³-hybridized carbons (Fsp3) is 0.667. The third kappa shape index (κ3) is 5.50. The zero-order chi connectivity index (χ0) is 18.0. The van der Waals surface area contributed by atoms with Crippen molar-refractivity contribution in [2.75, 3.05) is 7.11 Å². The number of carbonyl (C=O) groups excluding carboxylic acids is 1. The predicted molar refractivity (Wildman–Crippen MR) is 108 cm³/mol. The van der Waals surface area contributed by atoms with Crippen molar-refractivity contribution in [3.8, 4) is 5.75 Å². The summed E-state index contributed by atoms with van der Waals surface area (Å²) in [5.41, 5.74) is 2.05. The fourth-order valence-corrected chi connectivity index (χ4v) is 21.1. The molecule has 0 amide bonds. The molecule has 0 aliphatic heterocycles. The van der Waals surface area contributed by atoms with Crippen LogP contribution in [0, 0.1) is 6.92 Å². The summed E-state index contributed by atoms with van der Waals surface area (Å²) in [6.45, 7) is 8.90. The quantitative estimate of drug-likeness (QED) is 0.301. The number of methoxy groups -OCH3 is 1. The molecular formula is C21H36O2Sn. The zero-order valence-corrected chi connectivity index (χ0v) is 19.3. The first-order valence-electron chi connectivity index (χ1n) is 9.72. The van der Waals surface area contributed by atoms with Crippen LogP contribution in [0.15, 0.2) is 12.1 Å². The maximum atomic E-state index is 11.9. The summed E-state index contributed by atoms with van der Waals surface area (Å²) in [6.07, 6.45) is 8.67. The summed E-state index contributed by atoms with van der Waals surface area (Å²) in [4.78, 5) is 11.9. The van der Waals surface area contributed by atoms with Gasteiger partial charge in [0.2, 0.25) is 0 Å². The molecule has 24 heavy (non-hydrogen) atoms. The average Bonchev–Trinajstić information content (AvgIpc) is 2.60. The molecule has 0 heterocycles. The van der Waals surface area contributed by atoms with E-state index in [1.807, 2.05) is 0 Å². The molecule has 0 aliphatic rings. The van der Waals surface area contributed by atoms with E-state index in [1.165, 1.54) is 55.4 Å². The normalized spacial score (nSPS) is 11.5. The molecule has 0 bridgehead atoms. The Kier molecular flexibility index (Phi) is 10.0. The molecule has 0 aliphatic carbocycles. The molecule has 2 nitrogen and oxygen atoms in total. The molecule has 0 atom stereocenters. The Labute approximate surface area is 153 Å². The van der Waals surface area contributed by atoms with E-state index in [0.29, 0.717) is 0 Å². The number of hydrogen-bond acceptors (Lipinski definition) is 2. The minimum absolute atomic E-state index is 0.922. The average molecular weight is 439 g/mol. The Balaban J connectivity index is 3.51. The van der Waals surface area contributed by atoms with Crippen molar-refractivity contribution in [3.63, 3.8) is 0 Å². The molecule has 0 radical (unpaired) electrons. The zero-order valence-electron chi connectivity index (χ0n) is 16.4. The minimum atomic E-state index is -2.67. The summed E-state index contributed by atoms with van der Waals surface area (Å²) in [5.74, 6) is 0.996. The number of hydrogen-bond donors (Lipinski definition) is 0. The van der Waals surface area contributed by atoms with E-state index in [9.17, 15) is 4.79 Å². The van der Waals surface area contributed by atoms with Crippen LogP contribution in [-0.2, 0) is 0 Å². The molecule has 0 aromatic heterocycles. The number of unbranched alkanes of at least 4 members (excludes halogenated alkanes) is 3. The van der Waals surface area contributed by atoms with E-state index >= 15 is 0 Å². The summed E-state index contributed by atoms with van der Waals surface area (Å²) in [6, 6.07) is 4.23. The monoisotopic (exact) mass is 440 g/mol. The van der Waals surface area contributed by atoms with Crippen molar-refractivity contribution in [2.24, 2.45) is 0 Å². The molecule has 136 valence electrons. The van der Waals surface area contributed by atoms with Gasteiger partial charge >= 0.3 is 153 Å². The van der Waals surface area contributed by atoms with E-state index < -0.39 is 18.4 Å². The van der Waals surface area contributed by atoms with Crippen LogP contribution in [0.5, 0.6) is 5.75 Å². The van der Waals surface area contributed by atoms with Crippen molar-refractivity contribution in [1.82, 2.24) is 0 Å². The first-order valence-corrected chi connectivity index (χ1v) is 17.2. The van der Waals surface area contributed by atoms with Crippen LogP contribution in [-0.4, -0.2) is 31.8 Å². The van der Waals surface area contributed by atoms with Crippen molar-refractivity contribution in [2.45, 2.75) is 79.5 Å². The van der Waals surface area contributed by atoms with Crippen LogP contribution in [0.2, 0.25) is 13.3 Å². The predicted octanol–water partition coefficient (Wildman–Crippen LogP) is 5.87. The first-order chi connectivity index (χ1) is 11.6. The van der Waals surface area contributed by atoms with Gasteiger partial charge in [-0.2, -0.15) is 0 Å². The van der Waals surface area contributed by atoms with Gasteiger partial charge in [0.25, 0.3) is 0 Å². The van der Waals surface area contributed by atoms with Crippen molar-refractivity contribution in [3.05, 3.63) is 23.3 Å². The molecule has 1 rings (SSSR count). The molecule has 3 heteroatoms. The molecule has 1 aromatic rings. The number of rotatable bonds is 12. The summed E-state index contributed by atoms with van der Waals surface area (Å²) in [7, 11) is 1.77. The van der Waals surface area contributed by atoms with Crippen LogP contribution in [0.25, 0.3) is 0 Å². The van der Waals surface area contributed by atoms with Crippen LogP contribution in [0.1, 0.15) is 75.2 Å². The number of ether oxygens (including phenoxy) is 1. The van der Waals surface area contributed by atoms with Gasteiger partial charge in [-0.1, -0.05) is 0 Å². The number of aldehydes is 1. The Morgan fingerprint density at radius 1 is 0.958 bits per heavy atom. The first kappa shape index (κ1) is 21.5. The van der Waals surface area contributed by atoms with E-state index in [0.717, 1.165) is 23.2 Å². The van der Waals surface area contributed by atoms with Crippen LogP contribution in [0.4, 0.5) is 0 Å². The van der Waals surface area contributed by atoms with Gasteiger partial charge in [0.15, 0.2) is 0 Å². The van der Waals surface area contributed by atoms with E-state index in [-0.39, 0.29) is 0 Å². The second-order valence-corrected chi connectivity index (χ2v) is 20.2. The SMILES string of the molecule is CCC[CH2][Sn]([CH2]CCC)([CH2]CCC)[c]1c(C=O)cc(C)cc1OC. The molecule has 0 spiro atoms. The Morgan fingerprint density at radius 3 is 1.83 bits per heavy atom. The number of carbonyl (C=O) groups is 1. The van der Waals surface area contributed by atoms with Gasteiger partial charge in [0, 0.05) is 0 Å². The molecule has 0 saturated carbocycles. The van der Waals surface area contributed by atoms with Crippen molar-refractivity contribution < 1.29 is 9.53 Å². The maximum absolute atomic E-state index is 11.9. The third-order valence-electron chi connectivity index (χ3n) is 5.18. The van der Waals surface area contributed by atoms with Crippen LogP contribution < -0.4 is 8.32 Å². The van der Waals surface area contributed by atoms with Gasteiger partial charge in [0.05, 0.1) is 0 Å². The molecule has 0 unspecified atom stereocenters. The van der Waals surface area contributed by atoms with Gasteiger partial charge in [-0.3, -0.25) is 0 Å². The second-order valence-electron chi connectivity index (χ2n) is 7.14. The Bertz CT molecular complexity index is 489. The molecule has 0 N–H and O–H groups in total. The second kappa shape index (κ2) is 11.2. The van der Waals surface area contributed by atoms with Crippen LogP contribution in [0.3, 0.4) is 0 Å². The van der Waals surface area contributed by atoms with Crippen LogP contribution >= 0.6 is 0 Å². The Morgan fingerprint density at radius 2 is 1.46 bits per heavy atom. The topological polar surface area (TPSA) is 26.3 Å². The third-order valence-corrected chi connectivity index (χ3v) is 21.0. The molecule has 0 saturated heterocycles. The standard InChI is InChI=1S/C9H9O2.3C4H9.Sn/c1-7-3-8(6-10)5-9(4-7)11-2;3*1-3-4-2;/h3-4,6H,1-2H3;3*1,3-4H2,2H3;. The van der Waals surface area contributed by atoms with Gasteiger partial charge in [-0.25, -0.2) is 0 Å². The van der Waals surface area contributed by atoms with Gasteiger partial charge in [-0.15, -0.1) is 0 Å². The molecule has 1 aromatic carbocycles. The van der Waals surface area contributed by atoms with E-state index in [4.69, 9.17) is 4.74 Å². The van der Waals surface area contributed by atoms with Gasteiger partial charge < -0.3 is 0 Å². The van der Waals surface area contributed by atoms with E-state index in [2.05, 4.69) is 39.8 Å². The fourth-order valence-electron chi connectivity index (χ4n) is 3.90. The van der Waals surface area contributed by atoms with Crippen molar-refractivity contribution >= 4 is 28.2 Å². The molecular weight excluding hydrogens is 403 g/mol. The van der Waals surface area contributed by atoms with Gasteiger partial charge in [0.1, 0.15) is 0 Å². The number of aryl methyl sites for hydroxylation is 1. The van der Waals surface area contributed by atoms with E-state index in [1.54, 1.807) is 7.11 Å². The number of benzene rings is 1. The van der Waals surface area contributed by atoms with Gasteiger partial charge in [-0.05, 0) is 0 Å². The summed E-state index contributed by atoms with van der Waals surface area (Å²) in [5, 5.41) is 0. The summed E-state index contributed by atoms with van der Waals surface area (Å²) < 4.78 is 11.2. The van der Waals surface area contributed by atoms with Crippen molar-refractivity contribution in [1.29, 1.82) is 0 Å². The molecule has 0 fully saturated rings. The Hall–Kier alpha value is -0.511. The summed E-state index contributed by atoms with van der Waals surface area (Å²) >= 11 is -2.67.